The van der Waals surface area contributed by atoms with Gasteiger partial charge in [0.1, 0.15) is 11.5 Å². The van der Waals surface area contributed by atoms with Gasteiger partial charge in [0.2, 0.25) is 10.9 Å². The highest BCUT2D eigenvalue weighted by Crippen LogP contribution is 2.55. The summed E-state index contributed by atoms with van der Waals surface area (Å²) in [7, 11) is 5.18. The van der Waals surface area contributed by atoms with E-state index < -0.39 is 34.4 Å². The van der Waals surface area contributed by atoms with Crippen molar-refractivity contribution >= 4 is 77.9 Å². The SMILES string of the molecule is COc1c(O)c2c(=O)cc(OC)c3c4c(OC)/c(=C(\S)CC(=O)O)c(=O)c5c(=O)c(OC)c6c(c(c1C(C(C)=O)=C(C)C6)c23)c54. The molecule has 11 nitrogen and oxygen atoms in total. The van der Waals surface area contributed by atoms with Gasteiger partial charge >= 0.3 is 5.97 Å². The number of aliphatic carboxylic acids is 1. The first-order valence-electron chi connectivity index (χ1n) is 13.6. The lowest BCUT2D eigenvalue weighted by atomic mass is 9.82. The number of ketones is 1. The molecule has 0 unspecified atom stereocenters. The number of carbonyl (C=O) groups excluding carboxylic acids is 1. The number of hydrogen-bond donors (Lipinski definition) is 3. The van der Waals surface area contributed by atoms with Gasteiger partial charge in [0.05, 0.1) is 50.9 Å². The van der Waals surface area contributed by atoms with Gasteiger partial charge in [-0.15, -0.1) is 12.6 Å². The number of thiol groups is 1. The zero-order chi connectivity index (χ0) is 32.8. The van der Waals surface area contributed by atoms with Gasteiger partial charge in [0.15, 0.2) is 28.5 Å². The average Bonchev–Trinajstić information content (AvgIpc) is 3.10. The summed E-state index contributed by atoms with van der Waals surface area (Å²) in [6.45, 7) is 3.05. The van der Waals surface area contributed by atoms with Crippen molar-refractivity contribution in [2.75, 3.05) is 28.4 Å². The van der Waals surface area contributed by atoms with Crippen LogP contribution >= 0.6 is 12.6 Å². The highest BCUT2D eigenvalue weighted by Gasteiger charge is 2.36. The molecule has 0 aromatic heterocycles. The van der Waals surface area contributed by atoms with Crippen molar-refractivity contribution in [1.29, 1.82) is 0 Å². The predicted molar refractivity (Wildman–Crippen MR) is 172 cm³/mol. The second-order valence-corrected chi connectivity index (χ2v) is 11.4. The van der Waals surface area contributed by atoms with Gasteiger partial charge in [-0.1, -0.05) is 5.57 Å². The molecule has 2 N–H and O–H groups in total. The van der Waals surface area contributed by atoms with Gasteiger partial charge in [-0.05, 0) is 25.7 Å². The smallest absolute Gasteiger partial charge is 0.308 e. The molecule has 0 bridgehead atoms. The van der Waals surface area contributed by atoms with E-state index in [4.69, 9.17) is 18.9 Å². The van der Waals surface area contributed by atoms with Gasteiger partial charge in [-0.3, -0.25) is 24.0 Å². The molecule has 0 radical (unpaired) electrons. The van der Waals surface area contributed by atoms with E-state index in [0.29, 0.717) is 16.5 Å². The number of hydrogen-bond acceptors (Lipinski definition) is 11. The Balaban J connectivity index is 2.23. The molecule has 230 valence electrons. The Kier molecular flexibility index (Phi) is 6.81. The Hall–Kier alpha value is -5.10. The number of aromatic hydroxyl groups is 1. The Morgan fingerprint density at radius 2 is 1.42 bits per heavy atom. The molecule has 5 aromatic carbocycles. The fraction of sp³-hybridized carbons (Fsp3) is 0.242. The first-order chi connectivity index (χ1) is 21.4. The molecule has 0 aliphatic heterocycles. The minimum atomic E-state index is -1.28. The fourth-order valence-corrected chi connectivity index (χ4v) is 7.35. The van der Waals surface area contributed by atoms with Gasteiger partial charge in [0, 0.05) is 54.6 Å². The van der Waals surface area contributed by atoms with E-state index in [1.807, 2.05) is 0 Å². The van der Waals surface area contributed by atoms with E-state index in [9.17, 15) is 34.2 Å². The summed E-state index contributed by atoms with van der Waals surface area (Å²) in [6, 6.07) is 1.15. The molecule has 5 aromatic rings. The lowest BCUT2D eigenvalue weighted by Crippen LogP contribution is -2.32. The van der Waals surface area contributed by atoms with Crippen LogP contribution in [0.25, 0.3) is 53.6 Å². The number of carboxylic acid groups (broad SMARTS) is 1. The molecule has 0 amide bonds. The maximum atomic E-state index is 14.3. The molecule has 0 heterocycles. The van der Waals surface area contributed by atoms with Crippen LogP contribution in [0.15, 0.2) is 26.0 Å². The lowest BCUT2D eigenvalue weighted by molar-refractivity contribution is -0.135. The monoisotopic (exact) mass is 630 g/mol. The Labute approximate surface area is 259 Å². The van der Waals surface area contributed by atoms with Crippen LogP contribution in [0, 0.1) is 0 Å². The third-order valence-electron chi connectivity index (χ3n) is 8.51. The van der Waals surface area contributed by atoms with Crippen molar-refractivity contribution in [2.45, 2.75) is 26.7 Å². The number of fused-ring (bicyclic) bond motifs is 1. The molecule has 0 fully saturated rings. The molecular formula is C33H26O11S. The average molecular weight is 631 g/mol. The Bertz CT molecular complexity index is 2460. The normalized spacial score (nSPS) is 13.7. The van der Waals surface area contributed by atoms with Crippen molar-refractivity contribution in [3.8, 4) is 28.7 Å². The number of rotatable bonds is 7. The molecule has 1 aliphatic rings. The standard InChI is InChI=1S/C33H26O11S/c1-10-7-12-18-22-24-19(29(39)33(44-6)25(22)17(10)11(2)34)13(35)8-14(41-3)20(24)26-23(18)27(30(40)31(12)42-4)28(38)21(32(26)43-5)15(45)9-16(36)37/h8,39,45H,7,9H2,1-6H3,(H,36,37)/b21-15-. The lowest BCUT2D eigenvalue weighted by Gasteiger charge is -2.23. The first kappa shape index (κ1) is 29.9. The van der Waals surface area contributed by atoms with E-state index in [-0.39, 0.29) is 94.2 Å². The third kappa shape index (κ3) is 3.75. The van der Waals surface area contributed by atoms with Crippen LogP contribution in [0.5, 0.6) is 28.7 Å². The van der Waals surface area contributed by atoms with Crippen molar-refractivity contribution < 1.29 is 38.7 Å². The predicted octanol–water partition coefficient (Wildman–Crippen LogP) is 3.15. The minimum absolute atomic E-state index is 0.0206. The van der Waals surface area contributed by atoms with Gasteiger partial charge < -0.3 is 29.2 Å². The summed E-state index contributed by atoms with van der Waals surface area (Å²) in [6.07, 6.45) is -0.630. The number of benzene rings is 5. The molecule has 0 saturated heterocycles. The number of Topliss-reactive ketones (excluding diaryl/α,β-unsaturated/α-hetero) is 1. The molecule has 0 atom stereocenters. The molecule has 6 rings (SSSR count). The first-order valence-corrected chi connectivity index (χ1v) is 14.1. The summed E-state index contributed by atoms with van der Waals surface area (Å²) < 4.78 is 22.8. The summed E-state index contributed by atoms with van der Waals surface area (Å²) in [5.74, 6) is -2.56. The molecule has 12 heteroatoms. The van der Waals surface area contributed by atoms with Crippen LogP contribution in [-0.2, 0) is 16.0 Å². The molecule has 0 saturated carbocycles. The van der Waals surface area contributed by atoms with Crippen molar-refractivity contribution in [1.82, 2.24) is 0 Å². The van der Waals surface area contributed by atoms with E-state index in [1.54, 1.807) is 6.92 Å². The second kappa shape index (κ2) is 10.2. The number of methoxy groups -OCH3 is 4. The zero-order valence-corrected chi connectivity index (χ0v) is 25.9. The highest BCUT2D eigenvalue weighted by molar-refractivity contribution is 7.90. The van der Waals surface area contributed by atoms with Crippen LogP contribution in [0.2, 0.25) is 0 Å². The van der Waals surface area contributed by atoms with Crippen LogP contribution < -0.4 is 40.5 Å². The van der Waals surface area contributed by atoms with Crippen LogP contribution in [0.3, 0.4) is 0 Å². The summed E-state index contributed by atoms with van der Waals surface area (Å²) >= 11 is 4.37. The van der Waals surface area contributed by atoms with Crippen LogP contribution in [0.1, 0.15) is 31.4 Å². The number of carbonyl (C=O) groups is 2. The number of allylic oxidation sites excluding steroid dienone is 2. The number of phenolic OH excluding ortho intramolecular Hbond substituents is 1. The largest absolute Gasteiger partial charge is 0.504 e. The molecule has 0 spiro atoms. The van der Waals surface area contributed by atoms with Crippen molar-refractivity contribution in [2.24, 2.45) is 0 Å². The molecular weight excluding hydrogens is 604 g/mol. The van der Waals surface area contributed by atoms with Gasteiger partial charge in [-0.2, -0.15) is 0 Å². The van der Waals surface area contributed by atoms with Gasteiger partial charge in [-0.25, -0.2) is 0 Å². The van der Waals surface area contributed by atoms with Gasteiger partial charge in [0.25, 0.3) is 0 Å². The maximum absolute atomic E-state index is 14.3. The fourth-order valence-electron chi connectivity index (χ4n) is 7.01. The van der Waals surface area contributed by atoms with Crippen molar-refractivity contribution in [3.05, 3.63) is 58.7 Å². The summed E-state index contributed by atoms with van der Waals surface area (Å²) in [4.78, 5) is 67.2. The third-order valence-corrected chi connectivity index (χ3v) is 8.89. The van der Waals surface area contributed by atoms with E-state index in [1.165, 1.54) is 35.4 Å². The Morgan fingerprint density at radius 3 is 1.98 bits per heavy atom. The van der Waals surface area contributed by atoms with E-state index in [2.05, 4.69) is 12.6 Å². The number of carboxylic acids is 1. The second-order valence-electron chi connectivity index (χ2n) is 10.8. The maximum Gasteiger partial charge on any atom is 0.308 e. The summed E-state index contributed by atoms with van der Waals surface area (Å²) in [5, 5.41) is 21.7. The quantitative estimate of drug-likeness (QED) is 0.138. The number of phenols is 1. The van der Waals surface area contributed by atoms with E-state index in [0.717, 1.165) is 6.07 Å². The molecule has 1 aliphatic carbocycles. The number of ether oxygens (including phenoxy) is 4. The van der Waals surface area contributed by atoms with E-state index >= 15 is 0 Å². The van der Waals surface area contributed by atoms with Crippen molar-refractivity contribution in [3.63, 3.8) is 0 Å². The zero-order valence-electron chi connectivity index (χ0n) is 25.0. The topological polar surface area (TPSA) is 163 Å². The Morgan fingerprint density at radius 1 is 0.800 bits per heavy atom. The van der Waals surface area contributed by atoms with Crippen LogP contribution in [0.4, 0.5) is 0 Å². The summed E-state index contributed by atoms with van der Waals surface area (Å²) in [5.41, 5.74) is -0.990. The van der Waals surface area contributed by atoms with Crippen LogP contribution in [-0.4, -0.2) is 50.4 Å². The molecule has 45 heavy (non-hydrogen) atoms. The minimum Gasteiger partial charge on any atom is -0.504 e. The highest BCUT2D eigenvalue weighted by atomic mass is 32.1.